The lowest BCUT2D eigenvalue weighted by Crippen LogP contribution is -2.45. The first-order valence-electron chi connectivity index (χ1n) is 7.41. The van der Waals surface area contributed by atoms with Gasteiger partial charge in [0.1, 0.15) is 10.7 Å². The number of halogens is 1. The Morgan fingerprint density at radius 3 is 2.57 bits per heavy atom. The summed E-state index contributed by atoms with van der Waals surface area (Å²) in [4.78, 5) is 11.6. The predicted molar refractivity (Wildman–Crippen MR) is 83.4 cm³/mol. The summed E-state index contributed by atoms with van der Waals surface area (Å²) >= 11 is 0. The molecule has 1 fully saturated rings. The van der Waals surface area contributed by atoms with Crippen LogP contribution in [0.1, 0.15) is 31.4 Å². The molecule has 1 aliphatic heterocycles. The van der Waals surface area contributed by atoms with Crippen molar-refractivity contribution in [2.24, 2.45) is 0 Å². The van der Waals surface area contributed by atoms with Crippen LogP contribution in [0.4, 0.5) is 9.18 Å². The number of nitrogens with one attached hydrogen (secondary N) is 2. The van der Waals surface area contributed by atoms with Crippen LogP contribution in [0.3, 0.4) is 0 Å². The molecule has 1 saturated heterocycles. The number of ether oxygens (including phenoxy) is 1. The fourth-order valence-corrected chi connectivity index (χ4v) is 3.16. The van der Waals surface area contributed by atoms with Crippen molar-refractivity contribution in [3.63, 3.8) is 0 Å². The Morgan fingerprint density at radius 1 is 1.35 bits per heavy atom. The lowest BCUT2D eigenvalue weighted by molar-refractivity contribution is 0.0800. The van der Waals surface area contributed by atoms with Crippen LogP contribution in [0.15, 0.2) is 23.1 Å². The van der Waals surface area contributed by atoms with Gasteiger partial charge >= 0.3 is 6.03 Å². The number of carbonyl (C=O) groups is 1. The third-order valence-electron chi connectivity index (χ3n) is 3.76. The topological polar surface area (TPSA) is 84.5 Å². The van der Waals surface area contributed by atoms with E-state index in [1.165, 1.54) is 12.1 Å². The third kappa shape index (κ3) is 4.90. The van der Waals surface area contributed by atoms with E-state index >= 15 is 0 Å². The summed E-state index contributed by atoms with van der Waals surface area (Å²) in [6.45, 7) is 2.95. The van der Waals surface area contributed by atoms with Gasteiger partial charge in [0.25, 0.3) is 0 Å². The van der Waals surface area contributed by atoms with Crippen LogP contribution in [0, 0.1) is 5.82 Å². The molecule has 0 radical (unpaired) electrons. The summed E-state index contributed by atoms with van der Waals surface area (Å²) < 4.78 is 41.9. The van der Waals surface area contributed by atoms with Crippen LogP contribution in [-0.4, -0.2) is 40.0 Å². The average molecular weight is 344 g/mol. The molecule has 0 aliphatic carbocycles. The Labute approximate surface area is 135 Å². The van der Waals surface area contributed by atoms with Gasteiger partial charge < -0.3 is 15.4 Å². The number of hydrogen-bond acceptors (Lipinski definition) is 4. The van der Waals surface area contributed by atoms with Crippen molar-refractivity contribution in [2.45, 2.75) is 36.7 Å². The van der Waals surface area contributed by atoms with Gasteiger partial charge in [0.05, 0.1) is 6.04 Å². The molecule has 6 nitrogen and oxygen atoms in total. The van der Waals surface area contributed by atoms with Gasteiger partial charge in [-0.25, -0.2) is 17.6 Å². The molecule has 2 amide bonds. The molecule has 0 spiro atoms. The minimum atomic E-state index is -3.60. The van der Waals surface area contributed by atoms with E-state index in [9.17, 15) is 17.6 Å². The normalized spacial score (nSPS) is 17.5. The molecule has 0 bridgehead atoms. The Kier molecular flexibility index (Phi) is 5.59. The third-order valence-corrected chi connectivity index (χ3v) is 4.89. The predicted octanol–water partition coefficient (Wildman–Crippen LogP) is 1.77. The van der Waals surface area contributed by atoms with E-state index in [2.05, 4.69) is 10.6 Å². The summed E-state index contributed by atoms with van der Waals surface area (Å²) in [6, 6.07) is 3.14. The molecule has 0 saturated carbocycles. The zero-order valence-corrected chi connectivity index (χ0v) is 14.0. The van der Waals surface area contributed by atoms with E-state index in [0.29, 0.717) is 18.8 Å². The van der Waals surface area contributed by atoms with Gasteiger partial charge in [0, 0.05) is 25.5 Å². The average Bonchev–Trinajstić information content (AvgIpc) is 2.46. The highest BCUT2D eigenvalue weighted by molar-refractivity contribution is 7.90. The second-order valence-corrected chi connectivity index (χ2v) is 7.67. The zero-order chi connectivity index (χ0) is 17.0. The number of carbonyl (C=O) groups excluding carboxylic acids is 1. The number of benzene rings is 1. The highest BCUT2D eigenvalue weighted by Gasteiger charge is 2.19. The first-order valence-corrected chi connectivity index (χ1v) is 9.31. The SMILES string of the molecule is C[C@H](NC(=O)NC1CCOCC1)c1ccc(S(C)(=O)=O)c(F)c1. The standard InChI is InChI=1S/C15H21FN2O4S/c1-10(17-15(19)18-12-5-7-22-8-6-12)11-3-4-14(13(16)9-11)23(2,20)21/h3-4,9-10,12H,5-8H2,1-2H3,(H2,17,18,19)/t10-/m0/s1. The number of rotatable bonds is 4. The van der Waals surface area contributed by atoms with Gasteiger partial charge in [-0.1, -0.05) is 6.07 Å². The summed E-state index contributed by atoms with van der Waals surface area (Å²) in [7, 11) is -3.60. The molecule has 23 heavy (non-hydrogen) atoms. The van der Waals surface area contributed by atoms with E-state index in [0.717, 1.165) is 25.2 Å². The van der Waals surface area contributed by atoms with Gasteiger partial charge in [-0.2, -0.15) is 0 Å². The molecule has 1 atom stereocenters. The van der Waals surface area contributed by atoms with Crippen molar-refractivity contribution in [1.82, 2.24) is 10.6 Å². The molecule has 1 aliphatic rings. The second kappa shape index (κ2) is 7.27. The maximum Gasteiger partial charge on any atom is 0.315 e. The molecule has 0 unspecified atom stereocenters. The molecule has 2 rings (SSSR count). The maximum atomic E-state index is 13.9. The quantitative estimate of drug-likeness (QED) is 0.872. The minimum Gasteiger partial charge on any atom is -0.381 e. The van der Waals surface area contributed by atoms with Crippen LogP contribution in [0.5, 0.6) is 0 Å². The number of hydrogen-bond donors (Lipinski definition) is 2. The Hall–Kier alpha value is -1.67. The highest BCUT2D eigenvalue weighted by atomic mass is 32.2. The summed E-state index contributed by atoms with van der Waals surface area (Å²) in [5.41, 5.74) is 0.497. The van der Waals surface area contributed by atoms with Gasteiger partial charge in [-0.05, 0) is 37.5 Å². The molecule has 2 N–H and O–H groups in total. The molecule has 1 aromatic carbocycles. The molecular weight excluding hydrogens is 323 g/mol. The summed E-state index contributed by atoms with van der Waals surface area (Å²) in [5, 5.41) is 5.57. The van der Waals surface area contributed by atoms with Crippen LogP contribution >= 0.6 is 0 Å². The fraction of sp³-hybridized carbons (Fsp3) is 0.533. The van der Waals surface area contributed by atoms with Crippen molar-refractivity contribution in [3.05, 3.63) is 29.6 Å². The molecule has 1 aromatic rings. The lowest BCUT2D eigenvalue weighted by atomic mass is 10.1. The summed E-state index contributed by atoms with van der Waals surface area (Å²) in [6.07, 6.45) is 2.48. The number of urea groups is 1. The summed E-state index contributed by atoms with van der Waals surface area (Å²) in [5.74, 6) is -0.816. The van der Waals surface area contributed by atoms with E-state index in [4.69, 9.17) is 4.74 Å². The number of amides is 2. The van der Waals surface area contributed by atoms with Crippen LogP contribution in [-0.2, 0) is 14.6 Å². The lowest BCUT2D eigenvalue weighted by Gasteiger charge is -2.24. The minimum absolute atomic E-state index is 0.0697. The first kappa shape index (κ1) is 17.7. The van der Waals surface area contributed by atoms with Gasteiger partial charge in [0.15, 0.2) is 9.84 Å². The monoisotopic (exact) mass is 344 g/mol. The van der Waals surface area contributed by atoms with Crippen LogP contribution in [0.2, 0.25) is 0 Å². The molecule has 8 heteroatoms. The smallest absolute Gasteiger partial charge is 0.315 e. The maximum absolute atomic E-state index is 13.9. The van der Waals surface area contributed by atoms with E-state index < -0.39 is 21.7 Å². The highest BCUT2D eigenvalue weighted by Crippen LogP contribution is 2.20. The van der Waals surface area contributed by atoms with Crippen LogP contribution in [0.25, 0.3) is 0 Å². The van der Waals surface area contributed by atoms with Gasteiger partial charge in [-0.3, -0.25) is 0 Å². The van der Waals surface area contributed by atoms with Crippen LogP contribution < -0.4 is 10.6 Å². The first-order chi connectivity index (χ1) is 10.8. The Bertz CT molecular complexity index is 672. The van der Waals surface area contributed by atoms with Crippen molar-refractivity contribution in [2.75, 3.05) is 19.5 Å². The molecule has 1 heterocycles. The van der Waals surface area contributed by atoms with Crippen molar-refractivity contribution >= 4 is 15.9 Å². The van der Waals surface area contributed by atoms with Gasteiger partial charge in [-0.15, -0.1) is 0 Å². The fourth-order valence-electron chi connectivity index (χ4n) is 2.44. The van der Waals surface area contributed by atoms with Crippen molar-refractivity contribution < 1.29 is 22.3 Å². The Morgan fingerprint density at radius 2 is 2.00 bits per heavy atom. The largest absolute Gasteiger partial charge is 0.381 e. The second-order valence-electron chi connectivity index (χ2n) is 5.69. The molecule has 0 aromatic heterocycles. The zero-order valence-electron chi connectivity index (χ0n) is 13.1. The number of sulfone groups is 1. The van der Waals surface area contributed by atoms with Gasteiger partial charge in [0.2, 0.25) is 0 Å². The molecule has 128 valence electrons. The Balaban J connectivity index is 1.98. The van der Waals surface area contributed by atoms with E-state index in [1.54, 1.807) is 6.92 Å². The van der Waals surface area contributed by atoms with E-state index in [1.807, 2.05) is 0 Å². The van der Waals surface area contributed by atoms with Crippen molar-refractivity contribution in [3.8, 4) is 0 Å². The molecular formula is C15H21FN2O4S. The van der Waals surface area contributed by atoms with Crippen molar-refractivity contribution in [1.29, 1.82) is 0 Å². The van der Waals surface area contributed by atoms with E-state index in [-0.39, 0.29) is 17.0 Å².